The average molecular weight is 259 g/mol. The van der Waals surface area contributed by atoms with Crippen molar-refractivity contribution in [3.63, 3.8) is 0 Å². The monoisotopic (exact) mass is 259 g/mol. The Morgan fingerprint density at radius 2 is 1.88 bits per heavy atom. The van der Waals surface area contributed by atoms with E-state index in [1.54, 1.807) is 0 Å². The van der Waals surface area contributed by atoms with Crippen LogP contribution in [0.5, 0.6) is 0 Å². The highest BCUT2D eigenvalue weighted by molar-refractivity contribution is 7.89. The fourth-order valence-electron chi connectivity index (χ4n) is 1.62. The molecule has 0 spiro atoms. The zero-order chi connectivity index (χ0) is 12.6. The molecule has 0 aliphatic carbocycles. The van der Waals surface area contributed by atoms with Gasteiger partial charge in [0.2, 0.25) is 10.0 Å². The summed E-state index contributed by atoms with van der Waals surface area (Å²) in [6.07, 6.45) is -0.945. The summed E-state index contributed by atoms with van der Waals surface area (Å²) in [5.41, 5.74) is 5.37. The standard InChI is InChI=1S/C9H13N3O4S/c10-9-2-1-6(3-11-9)17(15,16)12-4-7(13)8(14)5-12/h1-3,7-8,13-14H,4-5H2,(H2,10,11)/t7-,8+. The van der Waals surface area contributed by atoms with Crippen molar-refractivity contribution in [1.29, 1.82) is 0 Å². The third-order valence-corrected chi connectivity index (χ3v) is 4.44. The van der Waals surface area contributed by atoms with Crippen molar-refractivity contribution in [3.05, 3.63) is 18.3 Å². The maximum atomic E-state index is 12.1. The Balaban J connectivity index is 2.28. The minimum atomic E-state index is -3.73. The van der Waals surface area contributed by atoms with E-state index in [1.165, 1.54) is 12.1 Å². The van der Waals surface area contributed by atoms with Crippen molar-refractivity contribution in [3.8, 4) is 0 Å². The molecule has 1 aromatic heterocycles. The Morgan fingerprint density at radius 3 is 2.35 bits per heavy atom. The third-order valence-electron chi connectivity index (χ3n) is 2.62. The minimum absolute atomic E-state index is 0.00648. The number of β-amino-alcohol motifs (C(OH)–C–C–N with tert-alkyl or cyclic N) is 2. The van der Waals surface area contributed by atoms with E-state index < -0.39 is 22.2 Å². The minimum Gasteiger partial charge on any atom is -0.389 e. The van der Waals surface area contributed by atoms with Crippen molar-refractivity contribution < 1.29 is 18.6 Å². The summed E-state index contributed by atoms with van der Waals surface area (Å²) in [6, 6.07) is 2.73. The number of sulfonamides is 1. The van der Waals surface area contributed by atoms with Gasteiger partial charge < -0.3 is 15.9 Å². The van der Waals surface area contributed by atoms with Crippen molar-refractivity contribution >= 4 is 15.8 Å². The molecule has 1 aromatic rings. The van der Waals surface area contributed by atoms with Gasteiger partial charge in [0.25, 0.3) is 0 Å². The molecule has 0 aromatic carbocycles. The van der Waals surface area contributed by atoms with E-state index in [0.717, 1.165) is 10.5 Å². The fraction of sp³-hybridized carbons (Fsp3) is 0.444. The molecular weight excluding hydrogens is 246 g/mol. The topological polar surface area (TPSA) is 117 Å². The van der Waals surface area contributed by atoms with Gasteiger partial charge in [-0.05, 0) is 12.1 Å². The molecule has 94 valence electrons. The summed E-state index contributed by atoms with van der Waals surface area (Å²) >= 11 is 0. The summed E-state index contributed by atoms with van der Waals surface area (Å²) in [5, 5.41) is 18.7. The van der Waals surface area contributed by atoms with Crippen molar-refractivity contribution in [2.45, 2.75) is 17.1 Å². The van der Waals surface area contributed by atoms with Crippen molar-refractivity contribution in [2.24, 2.45) is 0 Å². The predicted octanol–water partition coefficient (Wildman–Crippen LogP) is -1.61. The van der Waals surface area contributed by atoms with Crippen LogP contribution in [-0.4, -0.2) is 53.2 Å². The molecule has 0 radical (unpaired) electrons. The maximum Gasteiger partial charge on any atom is 0.244 e. The highest BCUT2D eigenvalue weighted by Crippen LogP contribution is 2.21. The van der Waals surface area contributed by atoms with E-state index in [9.17, 15) is 18.6 Å². The number of hydrogen-bond acceptors (Lipinski definition) is 6. The van der Waals surface area contributed by atoms with E-state index in [-0.39, 0.29) is 23.8 Å². The average Bonchev–Trinajstić information content (AvgIpc) is 2.60. The predicted molar refractivity (Wildman–Crippen MR) is 59.4 cm³/mol. The molecule has 2 rings (SSSR count). The summed E-state index contributed by atoms with van der Waals surface area (Å²) in [4.78, 5) is 3.70. The first-order chi connectivity index (χ1) is 7.91. The number of pyridine rings is 1. The van der Waals surface area contributed by atoms with Crippen LogP contribution in [-0.2, 0) is 10.0 Å². The van der Waals surface area contributed by atoms with Gasteiger partial charge in [0.05, 0.1) is 12.2 Å². The van der Waals surface area contributed by atoms with Crippen LogP contribution in [0.4, 0.5) is 5.82 Å². The van der Waals surface area contributed by atoms with Crippen LogP contribution in [0, 0.1) is 0 Å². The number of anilines is 1. The van der Waals surface area contributed by atoms with E-state index in [4.69, 9.17) is 5.73 Å². The van der Waals surface area contributed by atoms with Crippen LogP contribution in [0.15, 0.2) is 23.2 Å². The molecule has 2 atom stereocenters. The lowest BCUT2D eigenvalue weighted by molar-refractivity contribution is 0.0572. The number of hydrogen-bond donors (Lipinski definition) is 3. The van der Waals surface area contributed by atoms with Gasteiger partial charge in [0, 0.05) is 19.3 Å². The Bertz CT molecular complexity index is 491. The Kier molecular flexibility index (Phi) is 3.04. The highest BCUT2D eigenvalue weighted by Gasteiger charge is 2.37. The molecule has 0 amide bonds. The number of rotatable bonds is 2. The Morgan fingerprint density at radius 1 is 1.29 bits per heavy atom. The highest BCUT2D eigenvalue weighted by atomic mass is 32.2. The first-order valence-corrected chi connectivity index (χ1v) is 6.43. The lowest BCUT2D eigenvalue weighted by Gasteiger charge is -2.15. The molecule has 1 saturated heterocycles. The smallest absolute Gasteiger partial charge is 0.244 e. The second-order valence-corrected chi connectivity index (χ2v) is 5.81. The summed E-state index contributed by atoms with van der Waals surface area (Å²) < 4.78 is 25.1. The SMILES string of the molecule is Nc1ccc(S(=O)(=O)N2C[C@@H](O)[C@@H](O)C2)cn1. The van der Waals surface area contributed by atoms with Gasteiger partial charge in [-0.25, -0.2) is 13.4 Å². The van der Waals surface area contributed by atoms with Crippen LogP contribution in [0.1, 0.15) is 0 Å². The molecule has 8 heteroatoms. The number of aliphatic hydroxyl groups is 2. The Labute approximate surface area is 98.6 Å². The van der Waals surface area contributed by atoms with Crippen LogP contribution in [0.3, 0.4) is 0 Å². The van der Waals surface area contributed by atoms with Gasteiger partial charge in [-0.15, -0.1) is 0 Å². The first-order valence-electron chi connectivity index (χ1n) is 4.99. The largest absolute Gasteiger partial charge is 0.389 e. The summed E-state index contributed by atoms with van der Waals surface area (Å²) in [6.45, 7) is -0.234. The van der Waals surface area contributed by atoms with Crippen LogP contribution in [0.25, 0.3) is 0 Å². The number of aromatic nitrogens is 1. The zero-order valence-electron chi connectivity index (χ0n) is 8.89. The van der Waals surface area contributed by atoms with E-state index in [2.05, 4.69) is 4.98 Å². The molecule has 1 fully saturated rings. The summed E-state index contributed by atoms with van der Waals surface area (Å²) in [7, 11) is -3.73. The number of nitrogen functional groups attached to an aromatic ring is 1. The van der Waals surface area contributed by atoms with Gasteiger partial charge in [-0.1, -0.05) is 0 Å². The maximum absolute atomic E-state index is 12.1. The molecule has 0 unspecified atom stereocenters. The van der Waals surface area contributed by atoms with Crippen LogP contribution >= 0.6 is 0 Å². The Hall–Kier alpha value is -1.22. The molecule has 0 saturated carbocycles. The van der Waals surface area contributed by atoms with Gasteiger partial charge in [0.15, 0.2) is 0 Å². The van der Waals surface area contributed by atoms with Crippen molar-refractivity contribution in [2.75, 3.05) is 18.8 Å². The van der Waals surface area contributed by atoms with E-state index >= 15 is 0 Å². The zero-order valence-corrected chi connectivity index (χ0v) is 9.71. The molecular formula is C9H13N3O4S. The molecule has 17 heavy (non-hydrogen) atoms. The second-order valence-electron chi connectivity index (χ2n) is 3.88. The number of nitrogens with two attached hydrogens (primary N) is 1. The van der Waals surface area contributed by atoms with Crippen molar-refractivity contribution in [1.82, 2.24) is 9.29 Å². The molecule has 1 aliphatic heterocycles. The van der Waals surface area contributed by atoms with Gasteiger partial charge >= 0.3 is 0 Å². The van der Waals surface area contributed by atoms with Gasteiger partial charge in [-0.3, -0.25) is 0 Å². The third kappa shape index (κ3) is 2.25. The first kappa shape index (κ1) is 12.2. The fourth-order valence-corrected chi connectivity index (χ4v) is 3.05. The molecule has 2 heterocycles. The normalized spacial score (nSPS) is 26.2. The van der Waals surface area contributed by atoms with E-state index in [0.29, 0.717) is 0 Å². The second kappa shape index (κ2) is 4.22. The van der Waals surface area contributed by atoms with Gasteiger partial charge in [0.1, 0.15) is 10.7 Å². The number of aliphatic hydroxyl groups excluding tert-OH is 2. The van der Waals surface area contributed by atoms with E-state index in [1.807, 2.05) is 0 Å². The molecule has 0 bridgehead atoms. The molecule has 1 aliphatic rings. The van der Waals surface area contributed by atoms with Crippen LogP contribution in [0.2, 0.25) is 0 Å². The quantitative estimate of drug-likeness (QED) is 0.588. The summed E-state index contributed by atoms with van der Waals surface area (Å²) in [5.74, 6) is 0.227. The number of nitrogens with zero attached hydrogens (tertiary/aromatic N) is 2. The van der Waals surface area contributed by atoms with Gasteiger partial charge in [-0.2, -0.15) is 4.31 Å². The lowest BCUT2D eigenvalue weighted by Crippen LogP contribution is -2.30. The van der Waals surface area contributed by atoms with Crippen LogP contribution < -0.4 is 5.73 Å². The molecule has 4 N–H and O–H groups in total. The lowest BCUT2D eigenvalue weighted by atomic mass is 10.3. The molecule has 7 nitrogen and oxygen atoms in total.